The quantitative estimate of drug-likeness (QED) is 0.374. The van der Waals surface area contributed by atoms with Gasteiger partial charge in [-0.15, -0.1) is 10.2 Å². The molecule has 6 rings (SSSR count). The highest BCUT2D eigenvalue weighted by Gasteiger charge is 2.47. The predicted molar refractivity (Wildman–Crippen MR) is 125 cm³/mol. The van der Waals surface area contributed by atoms with Gasteiger partial charge in [0.1, 0.15) is 17.6 Å². The van der Waals surface area contributed by atoms with Crippen LogP contribution in [0.25, 0.3) is 27.7 Å². The molecule has 2 aliphatic rings. The molecule has 10 nitrogen and oxygen atoms in total. The van der Waals surface area contributed by atoms with Gasteiger partial charge in [0, 0.05) is 18.3 Å². The van der Waals surface area contributed by atoms with Crippen LogP contribution < -0.4 is 10.1 Å². The van der Waals surface area contributed by atoms with Gasteiger partial charge in [-0.05, 0) is 30.2 Å². The van der Waals surface area contributed by atoms with Gasteiger partial charge < -0.3 is 14.8 Å². The molecule has 1 atom stereocenters. The van der Waals surface area contributed by atoms with Crippen molar-refractivity contribution < 1.29 is 32.8 Å². The maximum Gasteiger partial charge on any atom is 0.408 e. The number of rotatable bonds is 6. The summed E-state index contributed by atoms with van der Waals surface area (Å²) >= 11 is 0. The molecule has 0 amide bonds. The number of aromatic nitrogens is 6. The van der Waals surface area contributed by atoms with Gasteiger partial charge in [0.15, 0.2) is 0 Å². The highest BCUT2D eigenvalue weighted by Crippen LogP contribution is 2.35. The number of fused-ring (bicyclic) bond motifs is 2. The Hall–Kier alpha value is -3.59. The molecular weight excluding hydrogens is 515 g/mol. The second kappa shape index (κ2) is 9.01. The average Bonchev–Trinajstić information content (AvgIpc) is 3.46. The van der Waals surface area contributed by atoms with Crippen LogP contribution >= 0.6 is 0 Å². The van der Waals surface area contributed by atoms with Gasteiger partial charge in [-0.2, -0.15) is 18.2 Å². The molecule has 0 unspecified atom stereocenters. The monoisotopic (exact) mass is 539 g/mol. The third-order valence-corrected chi connectivity index (χ3v) is 6.71. The number of anilines is 1. The first kappa shape index (κ1) is 23.5. The van der Waals surface area contributed by atoms with Crippen LogP contribution in [0.5, 0.6) is 5.88 Å². The fourth-order valence-electron chi connectivity index (χ4n) is 4.77. The van der Waals surface area contributed by atoms with Crippen molar-refractivity contribution in [3.05, 3.63) is 30.5 Å². The Balaban J connectivity index is 1.29. The van der Waals surface area contributed by atoms with Gasteiger partial charge in [0.05, 0.1) is 45.8 Å². The number of nitrogens with zero attached hydrogens (tertiary/aromatic N) is 7. The van der Waals surface area contributed by atoms with Crippen LogP contribution in [-0.2, 0) is 11.3 Å². The number of nitrogens with one attached hydrogen (secondary N) is 1. The number of hydrogen-bond donors (Lipinski definition) is 1. The lowest BCUT2D eigenvalue weighted by molar-refractivity contribution is -0.142. The Morgan fingerprint density at radius 1 is 1.26 bits per heavy atom. The Bertz CT molecular complexity index is 1540. The minimum Gasteiger partial charge on any atom is -0.479 e. The van der Waals surface area contributed by atoms with Crippen molar-refractivity contribution in [1.29, 1.82) is 0 Å². The summed E-state index contributed by atoms with van der Waals surface area (Å²) in [5, 5.41) is 14.5. The highest BCUT2D eigenvalue weighted by molar-refractivity contribution is 5.89. The normalized spacial score (nSPS) is 21.8. The van der Waals surface area contributed by atoms with E-state index in [-0.39, 0.29) is 43.5 Å². The summed E-state index contributed by atoms with van der Waals surface area (Å²) < 4.78 is 90.0. The average molecular weight is 539 g/mol. The van der Waals surface area contributed by atoms with Crippen molar-refractivity contribution in [3.8, 4) is 17.0 Å². The number of ether oxygens (including phenoxy) is 2. The zero-order valence-corrected chi connectivity index (χ0v) is 20.0. The third-order valence-electron chi connectivity index (χ3n) is 6.71. The lowest BCUT2D eigenvalue weighted by atomic mass is 9.98. The summed E-state index contributed by atoms with van der Waals surface area (Å²) in [4.78, 5) is 5.74. The third kappa shape index (κ3) is 4.49. The predicted octanol–water partition coefficient (Wildman–Crippen LogP) is 3.23. The molecule has 202 valence electrons. The fourth-order valence-corrected chi connectivity index (χ4v) is 4.77. The first-order valence-electron chi connectivity index (χ1n) is 12.3. The van der Waals surface area contributed by atoms with E-state index in [1.807, 2.05) is 0 Å². The maximum atomic E-state index is 15.0. The molecule has 2 saturated heterocycles. The van der Waals surface area contributed by atoms with Crippen LogP contribution in [0.1, 0.15) is 7.79 Å². The first-order valence-corrected chi connectivity index (χ1v) is 11.8. The molecule has 4 aromatic rings. The van der Waals surface area contributed by atoms with Gasteiger partial charge in [-0.1, -0.05) is 11.3 Å². The molecule has 1 N–H and O–H groups in total. The maximum absolute atomic E-state index is 15.0. The Morgan fingerprint density at radius 2 is 2.08 bits per heavy atom. The van der Waals surface area contributed by atoms with Gasteiger partial charge in [0.25, 0.3) is 5.92 Å². The first-order chi connectivity index (χ1) is 18.5. The van der Waals surface area contributed by atoms with E-state index in [2.05, 4.69) is 25.7 Å². The molecule has 0 saturated carbocycles. The Labute approximate surface area is 213 Å². The molecule has 2 fully saturated rings. The molecule has 5 heterocycles. The van der Waals surface area contributed by atoms with E-state index < -0.39 is 37.2 Å². The van der Waals surface area contributed by atoms with E-state index in [4.69, 9.17) is 10.8 Å². The van der Waals surface area contributed by atoms with Crippen LogP contribution in [0.15, 0.2) is 30.5 Å². The summed E-state index contributed by atoms with van der Waals surface area (Å²) in [5.74, 6) is -3.14. The topological polar surface area (TPSA) is 94.6 Å². The number of methoxy groups -OCH3 is 1. The smallest absolute Gasteiger partial charge is 0.408 e. The summed E-state index contributed by atoms with van der Waals surface area (Å²) in [6, 6.07) is 4.05. The van der Waals surface area contributed by atoms with Gasteiger partial charge in [-0.25, -0.2) is 18.0 Å². The molecule has 2 aliphatic heterocycles. The second-order valence-corrected chi connectivity index (χ2v) is 9.26. The Kier molecular flexibility index (Phi) is 5.58. The van der Waals surface area contributed by atoms with Crippen LogP contribution in [0.2, 0.25) is 0 Å². The van der Waals surface area contributed by atoms with Crippen molar-refractivity contribution >= 4 is 22.5 Å². The van der Waals surface area contributed by atoms with E-state index in [1.165, 1.54) is 22.6 Å². The van der Waals surface area contributed by atoms with Gasteiger partial charge in [-0.3, -0.25) is 4.90 Å². The lowest BCUT2D eigenvalue weighted by Crippen LogP contribution is -2.61. The number of piperidine rings is 1. The number of hydrogen-bond acceptors (Lipinski definition) is 8. The molecular formula is C23H23F5N8O2. The number of halogens is 5. The minimum absolute atomic E-state index is 0.0634. The standard InChI is InChI=1S/C23H23F5N8O2/c1-37-20-19-15(13-2-3-16-17(8-13)36(33-31-16)12-23(26,27)28)4-7-35(19)32-21(30-20)29-18-5-6-34(11-22(18,24)25)14-9-38-10-14/h2-4,7-8,14,18H,5-6,9-12H2,1H3,(H,29,32)/t18-/m1/s1/i14D. The van der Waals surface area contributed by atoms with Crippen LogP contribution in [-0.4, -0.2) is 92.1 Å². The second-order valence-electron chi connectivity index (χ2n) is 9.26. The molecule has 0 aliphatic carbocycles. The number of alkyl halides is 5. The molecule has 38 heavy (non-hydrogen) atoms. The van der Waals surface area contributed by atoms with Crippen molar-refractivity contribution in [2.24, 2.45) is 0 Å². The van der Waals surface area contributed by atoms with E-state index in [0.717, 1.165) is 4.68 Å². The summed E-state index contributed by atoms with van der Waals surface area (Å²) in [6.07, 6.45) is -2.83. The molecule has 15 heteroatoms. The van der Waals surface area contributed by atoms with Crippen LogP contribution in [0, 0.1) is 0 Å². The van der Waals surface area contributed by atoms with Crippen molar-refractivity contribution in [2.45, 2.75) is 37.1 Å². The zero-order chi connectivity index (χ0) is 27.6. The highest BCUT2D eigenvalue weighted by atomic mass is 19.4. The summed E-state index contributed by atoms with van der Waals surface area (Å²) in [5.41, 5.74) is 2.00. The summed E-state index contributed by atoms with van der Waals surface area (Å²) in [6.45, 7) is -1.39. The van der Waals surface area contributed by atoms with Crippen LogP contribution in [0.4, 0.5) is 27.9 Å². The zero-order valence-electron chi connectivity index (χ0n) is 21.0. The minimum atomic E-state index is -4.47. The lowest BCUT2D eigenvalue weighted by Gasteiger charge is -2.44. The van der Waals surface area contributed by atoms with E-state index >= 15 is 8.78 Å². The van der Waals surface area contributed by atoms with Crippen molar-refractivity contribution in [3.63, 3.8) is 0 Å². The molecule has 0 radical (unpaired) electrons. The molecule has 0 bridgehead atoms. The molecule has 1 aromatic carbocycles. The van der Waals surface area contributed by atoms with Crippen molar-refractivity contribution in [1.82, 2.24) is 34.5 Å². The largest absolute Gasteiger partial charge is 0.479 e. The Morgan fingerprint density at radius 3 is 2.76 bits per heavy atom. The SMILES string of the molecule is [2H]C1(N2CC[C@@H](Nc3nc(OC)c4c(-c5ccc6nnn(CC(F)(F)F)c6c5)ccn4n3)C(F)(F)C2)COC1. The number of benzene rings is 1. The van der Waals surface area contributed by atoms with Gasteiger partial charge >= 0.3 is 6.18 Å². The fraction of sp³-hybridized carbons (Fsp3) is 0.478. The van der Waals surface area contributed by atoms with Crippen LogP contribution in [0.3, 0.4) is 0 Å². The van der Waals surface area contributed by atoms with E-state index in [9.17, 15) is 13.2 Å². The van der Waals surface area contributed by atoms with E-state index in [1.54, 1.807) is 24.4 Å². The number of likely N-dealkylation sites (tertiary alicyclic amines) is 1. The summed E-state index contributed by atoms with van der Waals surface area (Å²) in [7, 11) is 1.37. The van der Waals surface area contributed by atoms with Gasteiger partial charge in [0.2, 0.25) is 11.8 Å². The molecule has 3 aromatic heterocycles. The van der Waals surface area contributed by atoms with E-state index in [0.29, 0.717) is 22.2 Å². The van der Waals surface area contributed by atoms with Crippen molar-refractivity contribution in [2.75, 3.05) is 38.7 Å². The molecule has 0 spiro atoms.